The number of nitrogens with one attached hydrogen (secondary N) is 1. The van der Waals surface area contributed by atoms with Gasteiger partial charge in [-0.3, -0.25) is 4.79 Å². The highest BCUT2D eigenvalue weighted by Gasteiger charge is 2.58. The van der Waals surface area contributed by atoms with Crippen LogP contribution in [-0.4, -0.2) is 46.3 Å². The molecule has 1 aliphatic carbocycles. The van der Waals surface area contributed by atoms with Crippen LogP contribution in [0.4, 0.5) is 0 Å². The highest BCUT2D eigenvalue weighted by Crippen LogP contribution is 2.56. The van der Waals surface area contributed by atoms with Crippen LogP contribution in [0.25, 0.3) is 0 Å². The number of carbonyl (C=O) groups excluding carboxylic acids is 1. The van der Waals surface area contributed by atoms with Gasteiger partial charge in [0.05, 0.1) is 6.54 Å². The van der Waals surface area contributed by atoms with Gasteiger partial charge in [-0.2, -0.15) is 0 Å². The number of rotatable bonds is 4. The van der Waals surface area contributed by atoms with Crippen LogP contribution in [0, 0.1) is 5.41 Å². The van der Waals surface area contributed by atoms with Crippen LogP contribution in [-0.2, 0) is 13.6 Å². The second-order valence-electron chi connectivity index (χ2n) is 7.79. The summed E-state index contributed by atoms with van der Waals surface area (Å²) < 4.78 is 12.8. The Labute approximate surface area is 158 Å². The molecule has 1 saturated heterocycles. The Bertz CT molecular complexity index is 872. The maximum atomic E-state index is 13.5. The Morgan fingerprint density at radius 1 is 1.33 bits per heavy atom. The smallest absolute Gasteiger partial charge is 0.254 e. The molecule has 2 aliphatic heterocycles. The number of carbonyl (C=O) groups is 1. The van der Waals surface area contributed by atoms with Crippen molar-refractivity contribution >= 4 is 5.91 Å². The topological polar surface area (TPSA) is 68.6 Å². The van der Waals surface area contributed by atoms with Crippen molar-refractivity contribution < 1.29 is 14.3 Å². The number of nitrogens with zero attached hydrogens (tertiary/aromatic N) is 3. The molecular weight excluding hydrogens is 344 g/mol. The quantitative estimate of drug-likeness (QED) is 0.893. The lowest BCUT2D eigenvalue weighted by atomic mass is 9.93. The van der Waals surface area contributed by atoms with E-state index in [1.54, 1.807) is 12.3 Å². The van der Waals surface area contributed by atoms with E-state index in [0.717, 1.165) is 38.2 Å². The zero-order valence-corrected chi connectivity index (χ0v) is 15.5. The first kappa shape index (κ1) is 16.6. The van der Waals surface area contributed by atoms with E-state index in [2.05, 4.69) is 10.3 Å². The maximum Gasteiger partial charge on any atom is 0.254 e. The molecule has 7 heteroatoms. The predicted molar refractivity (Wildman–Crippen MR) is 98.6 cm³/mol. The number of ether oxygens (including phenoxy) is 2. The Balaban J connectivity index is 1.44. The largest absolute Gasteiger partial charge is 0.454 e. The van der Waals surface area contributed by atoms with Crippen LogP contribution in [0.5, 0.6) is 11.5 Å². The van der Waals surface area contributed by atoms with E-state index in [1.165, 1.54) is 0 Å². The van der Waals surface area contributed by atoms with Crippen molar-refractivity contribution in [2.24, 2.45) is 12.5 Å². The highest BCUT2D eigenvalue weighted by atomic mass is 16.7. The summed E-state index contributed by atoms with van der Waals surface area (Å²) in [4.78, 5) is 19.9. The van der Waals surface area contributed by atoms with Gasteiger partial charge < -0.3 is 24.3 Å². The average molecular weight is 368 g/mol. The van der Waals surface area contributed by atoms with Crippen molar-refractivity contribution in [3.05, 3.63) is 42.0 Å². The second-order valence-corrected chi connectivity index (χ2v) is 7.79. The molecule has 27 heavy (non-hydrogen) atoms. The summed E-state index contributed by atoms with van der Waals surface area (Å²) in [5.41, 5.74) is 0.909. The zero-order valence-electron chi connectivity index (χ0n) is 15.5. The van der Waals surface area contributed by atoms with Crippen LogP contribution in [0.1, 0.15) is 35.4 Å². The predicted octanol–water partition coefficient (Wildman–Crippen LogP) is 1.93. The van der Waals surface area contributed by atoms with E-state index in [1.807, 2.05) is 34.8 Å². The molecule has 1 spiro atoms. The third-order valence-corrected chi connectivity index (χ3v) is 6.24. The van der Waals surface area contributed by atoms with Crippen LogP contribution in [0.3, 0.4) is 0 Å². The summed E-state index contributed by atoms with van der Waals surface area (Å²) in [5.74, 6) is 2.28. The van der Waals surface area contributed by atoms with Crippen LogP contribution in [0.2, 0.25) is 0 Å². The van der Waals surface area contributed by atoms with Crippen molar-refractivity contribution in [2.75, 3.05) is 19.9 Å². The van der Waals surface area contributed by atoms with Gasteiger partial charge in [0.2, 0.25) is 6.79 Å². The normalized spacial score (nSPS) is 22.0. The number of piperidine rings is 1. The molecule has 0 unspecified atom stereocenters. The van der Waals surface area contributed by atoms with Crippen molar-refractivity contribution in [3.63, 3.8) is 0 Å². The minimum atomic E-state index is 0.0386. The van der Waals surface area contributed by atoms with Gasteiger partial charge in [0.1, 0.15) is 5.82 Å². The van der Waals surface area contributed by atoms with Gasteiger partial charge in [0.15, 0.2) is 11.5 Å². The summed E-state index contributed by atoms with van der Waals surface area (Å²) in [5, 5.41) is 3.43. The number of aryl methyl sites for hydroxylation is 1. The lowest BCUT2D eigenvalue weighted by Crippen LogP contribution is -2.39. The lowest BCUT2D eigenvalue weighted by Gasteiger charge is -2.29. The first-order chi connectivity index (χ1) is 13.2. The summed E-state index contributed by atoms with van der Waals surface area (Å²) in [7, 11) is 1.97. The highest BCUT2D eigenvalue weighted by molar-refractivity contribution is 5.95. The number of amides is 1. The molecule has 3 heterocycles. The first-order valence-corrected chi connectivity index (χ1v) is 9.54. The molecule has 2 aromatic rings. The summed E-state index contributed by atoms with van der Waals surface area (Å²) >= 11 is 0. The van der Waals surface area contributed by atoms with Gasteiger partial charge in [0, 0.05) is 31.0 Å². The third-order valence-electron chi connectivity index (χ3n) is 6.24. The molecule has 0 radical (unpaired) electrons. The van der Waals surface area contributed by atoms with E-state index in [9.17, 15) is 4.79 Å². The average Bonchev–Trinajstić information content (AvgIpc) is 3.02. The molecule has 1 atom stereocenters. The number of imidazole rings is 1. The molecule has 1 aromatic heterocycles. The van der Waals surface area contributed by atoms with Crippen molar-refractivity contribution in [1.29, 1.82) is 0 Å². The van der Waals surface area contributed by atoms with Gasteiger partial charge in [-0.1, -0.05) is 0 Å². The third kappa shape index (κ3) is 2.86. The number of hydrogen-bond acceptors (Lipinski definition) is 5. The molecule has 2 fully saturated rings. The minimum Gasteiger partial charge on any atom is -0.454 e. The Kier molecular flexibility index (Phi) is 3.86. The van der Waals surface area contributed by atoms with Crippen molar-refractivity contribution in [3.8, 4) is 11.5 Å². The molecule has 3 aliphatic rings. The molecule has 1 N–H and O–H groups in total. The molecular formula is C20H24N4O3. The van der Waals surface area contributed by atoms with Gasteiger partial charge in [0.25, 0.3) is 5.91 Å². The zero-order chi connectivity index (χ0) is 18.4. The minimum absolute atomic E-state index is 0.0386. The molecule has 142 valence electrons. The number of aromatic nitrogens is 2. The van der Waals surface area contributed by atoms with Gasteiger partial charge >= 0.3 is 0 Å². The molecule has 1 saturated carbocycles. The molecule has 1 amide bonds. The van der Waals surface area contributed by atoms with E-state index >= 15 is 0 Å². The number of hydrogen-bond donors (Lipinski definition) is 1. The fourth-order valence-corrected chi connectivity index (χ4v) is 4.45. The molecule has 5 rings (SSSR count). The van der Waals surface area contributed by atoms with Crippen LogP contribution in [0.15, 0.2) is 30.6 Å². The number of fused-ring (bicyclic) bond motifs is 1. The summed E-state index contributed by atoms with van der Waals surface area (Å²) in [6, 6.07) is 5.72. The van der Waals surface area contributed by atoms with Crippen molar-refractivity contribution in [2.45, 2.75) is 31.8 Å². The Hall–Kier alpha value is -2.54. The SMILES string of the molecule is Cn1ccnc1CN(C(=O)c1ccc2c(c1)OCO2)[C@@H]1CC12CCNCC2. The summed E-state index contributed by atoms with van der Waals surface area (Å²) in [6.45, 7) is 2.80. The van der Waals surface area contributed by atoms with Crippen LogP contribution >= 0.6 is 0 Å². The number of benzene rings is 1. The molecule has 1 aromatic carbocycles. The van der Waals surface area contributed by atoms with E-state index < -0.39 is 0 Å². The van der Waals surface area contributed by atoms with E-state index in [0.29, 0.717) is 23.6 Å². The van der Waals surface area contributed by atoms with Gasteiger partial charge in [-0.15, -0.1) is 0 Å². The Morgan fingerprint density at radius 2 is 2.15 bits per heavy atom. The first-order valence-electron chi connectivity index (χ1n) is 9.54. The molecule has 7 nitrogen and oxygen atoms in total. The second kappa shape index (κ2) is 6.27. The van der Waals surface area contributed by atoms with Gasteiger partial charge in [-0.25, -0.2) is 4.98 Å². The van der Waals surface area contributed by atoms with Crippen molar-refractivity contribution in [1.82, 2.24) is 19.8 Å². The van der Waals surface area contributed by atoms with E-state index in [-0.39, 0.29) is 24.2 Å². The fourth-order valence-electron chi connectivity index (χ4n) is 4.45. The monoisotopic (exact) mass is 368 g/mol. The van der Waals surface area contributed by atoms with E-state index in [4.69, 9.17) is 9.47 Å². The standard InChI is InChI=1S/C20H24N4O3/c1-23-9-8-22-18(23)12-24(17-11-20(17)4-6-21-7-5-20)19(25)14-2-3-15-16(10-14)27-13-26-15/h2-3,8-10,17,21H,4-7,11-13H2,1H3/t17-/m1/s1. The summed E-state index contributed by atoms with van der Waals surface area (Å²) in [6.07, 6.45) is 7.04. The lowest BCUT2D eigenvalue weighted by molar-refractivity contribution is 0.0685. The fraction of sp³-hybridized carbons (Fsp3) is 0.500. The Morgan fingerprint density at radius 3 is 2.93 bits per heavy atom. The van der Waals surface area contributed by atoms with Crippen LogP contribution < -0.4 is 14.8 Å². The maximum absolute atomic E-state index is 13.5. The van der Waals surface area contributed by atoms with Gasteiger partial charge in [-0.05, 0) is 56.0 Å². The molecule has 0 bridgehead atoms.